The van der Waals surface area contributed by atoms with Gasteiger partial charge in [-0.3, -0.25) is 5.32 Å². The number of hydrogen-bond donors (Lipinski definition) is 1. The molecule has 2 heterocycles. The smallest absolute Gasteiger partial charge is 0.227 e. The van der Waals surface area contributed by atoms with Crippen LogP contribution in [0, 0.1) is 0 Å². The highest BCUT2D eigenvalue weighted by Crippen LogP contribution is 2.42. The SMILES string of the molecule is CCNCn1nc(S(=O)(=O)c2cccc3ccccc23)c2c3c(ccc21)OCCO3. The number of nitrogens with zero attached hydrogens (tertiary/aromatic N) is 2. The van der Waals surface area contributed by atoms with Gasteiger partial charge < -0.3 is 9.47 Å². The second-order valence-corrected chi connectivity index (χ2v) is 8.86. The number of fused-ring (bicyclic) bond motifs is 4. The molecule has 0 amide bonds. The van der Waals surface area contributed by atoms with Crippen molar-refractivity contribution < 1.29 is 17.9 Å². The molecule has 0 bridgehead atoms. The predicted molar refractivity (Wildman–Crippen MR) is 114 cm³/mol. The van der Waals surface area contributed by atoms with Gasteiger partial charge in [0.1, 0.15) is 13.2 Å². The van der Waals surface area contributed by atoms with Crippen LogP contribution in [0.25, 0.3) is 21.7 Å². The molecule has 0 fully saturated rings. The molecule has 8 heteroatoms. The highest BCUT2D eigenvalue weighted by atomic mass is 32.2. The normalized spacial score (nSPS) is 13.8. The Morgan fingerprint density at radius 2 is 1.83 bits per heavy atom. The monoisotopic (exact) mass is 423 g/mol. The molecule has 0 saturated carbocycles. The molecule has 3 aromatic carbocycles. The lowest BCUT2D eigenvalue weighted by Gasteiger charge is -2.19. The number of rotatable bonds is 5. The molecule has 0 saturated heterocycles. The molecule has 0 unspecified atom stereocenters. The standard InChI is InChI=1S/C22H21N3O4S/c1-2-23-14-25-17-10-11-18-21(29-13-12-28-18)20(17)22(24-25)30(26,27)19-9-5-7-15-6-3-4-8-16(15)19/h3-11,23H,2,12-14H2,1H3. The average Bonchev–Trinajstić information content (AvgIpc) is 3.17. The minimum Gasteiger partial charge on any atom is -0.486 e. The van der Waals surface area contributed by atoms with Crippen LogP contribution in [0.5, 0.6) is 11.5 Å². The van der Waals surface area contributed by atoms with Gasteiger partial charge in [0.05, 0.1) is 22.5 Å². The highest BCUT2D eigenvalue weighted by molar-refractivity contribution is 7.91. The zero-order chi connectivity index (χ0) is 20.7. The van der Waals surface area contributed by atoms with E-state index in [0.29, 0.717) is 47.7 Å². The summed E-state index contributed by atoms with van der Waals surface area (Å²) in [5.41, 5.74) is 0.680. The minimum atomic E-state index is -3.93. The maximum absolute atomic E-state index is 13.8. The van der Waals surface area contributed by atoms with E-state index in [4.69, 9.17) is 9.47 Å². The number of aromatic nitrogens is 2. The van der Waals surface area contributed by atoms with Gasteiger partial charge in [0.2, 0.25) is 9.84 Å². The Hall–Kier alpha value is -3.10. The molecule has 4 aromatic rings. The third kappa shape index (κ3) is 2.91. The Labute approximate surface area is 174 Å². The second-order valence-electron chi connectivity index (χ2n) is 7.03. The fourth-order valence-corrected chi connectivity index (χ4v) is 5.41. The van der Waals surface area contributed by atoms with Crippen LogP contribution in [0.4, 0.5) is 0 Å². The summed E-state index contributed by atoms with van der Waals surface area (Å²) >= 11 is 0. The van der Waals surface area contributed by atoms with Gasteiger partial charge >= 0.3 is 0 Å². The van der Waals surface area contributed by atoms with Crippen molar-refractivity contribution in [1.82, 2.24) is 15.1 Å². The molecular formula is C22H21N3O4S. The van der Waals surface area contributed by atoms with Crippen LogP contribution in [-0.2, 0) is 16.5 Å². The third-order valence-corrected chi connectivity index (χ3v) is 6.93. The van der Waals surface area contributed by atoms with E-state index in [-0.39, 0.29) is 9.92 Å². The number of ether oxygens (including phenoxy) is 2. The highest BCUT2D eigenvalue weighted by Gasteiger charge is 2.31. The van der Waals surface area contributed by atoms with Gasteiger partial charge in [0.25, 0.3) is 0 Å². The Balaban J connectivity index is 1.81. The summed E-state index contributed by atoms with van der Waals surface area (Å²) in [6.45, 7) is 3.89. The zero-order valence-electron chi connectivity index (χ0n) is 16.5. The average molecular weight is 423 g/mol. The van der Waals surface area contributed by atoms with Gasteiger partial charge in [0.15, 0.2) is 16.5 Å². The van der Waals surface area contributed by atoms with Crippen molar-refractivity contribution >= 4 is 31.5 Å². The van der Waals surface area contributed by atoms with Crippen LogP contribution in [0.2, 0.25) is 0 Å². The molecule has 5 rings (SSSR count). The first-order valence-electron chi connectivity index (χ1n) is 9.84. The van der Waals surface area contributed by atoms with E-state index in [9.17, 15) is 8.42 Å². The van der Waals surface area contributed by atoms with Crippen LogP contribution in [-0.4, -0.2) is 38.0 Å². The van der Waals surface area contributed by atoms with Gasteiger partial charge in [-0.25, -0.2) is 13.1 Å². The topological polar surface area (TPSA) is 82.5 Å². The molecule has 1 aliphatic heterocycles. The lowest BCUT2D eigenvalue weighted by molar-refractivity contribution is 0.174. The van der Waals surface area contributed by atoms with Gasteiger partial charge in [-0.2, -0.15) is 5.10 Å². The minimum absolute atomic E-state index is 0.0193. The lowest BCUT2D eigenvalue weighted by atomic mass is 10.1. The summed E-state index contributed by atoms with van der Waals surface area (Å²) in [5.74, 6) is 0.964. The second kappa shape index (κ2) is 7.30. The molecule has 1 aromatic heterocycles. The molecule has 0 atom stereocenters. The van der Waals surface area contributed by atoms with Gasteiger partial charge in [0, 0.05) is 5.39 Å². The molecule has 1 N–H and O–H groups in total. The first-order chi connectivity index (χ1) is 14.6. The van der Waals surface area contributed by atoms with Gasteiger partial charge in [-0.15, -0.1) is 0 Å². The van der Waals surface area contributed by atoms with Crippen molar-refractivity contribution in [2.24, 2.45) is 0 Å². The van der Waals surface area contributed by atoms with Crippen molar-refractivity contribution in [2.45, 2.75) is 23.5 Å². The van der Waals surface area contributed by atoms with Crippen LogP contribution >= 0.6 is 0 Å². The molecule has 1 aliphatic rings. The summed E-state index contributed by atoms with van der Waals surface area (Å²) in [4.78, 5) is 0.227. The van der Waals surface area contributed by atoms with Gasteiger partial charge in [-0.05, 0) is 30.1 Å². The molecule has 0 aliphatic carbocycles. The quantitative estimate of drug-likeness (QED) is 0.530. The van der Waals surface area contributed by atoms with E-state index < -0.39 is 9.84 Å². The Bertz CT molecular complexity index is 1360. The van der Waals surface area contributed by atoms with Crippen molar-refractivity contribution in [3.05, 3.63) is 54.6 Å². The third-order valence-electron chi connectivity index (χ3n) is 5.20. The maximum atomic E-state index is 13.8. The maximum Gasteiger partial charge on any atom is 0.227 e. The summed E-state index contributed by atoms with van der Waals surface area (Å²) in [6.07, 6.45) is 0. The first kappa shape index (κ1) is 18.9. The largest absolute Gasteiger partial charge is 0.486 e. The van der Waals surface area contributed by atoms with E-state index in [0.717, 1.165) is 11.9 Å². The fraction of sp³-hybridized carbons (Fsp3) is 0.227. The van der Waals surface area contributed by atoms with Crippen LogP contribution in [0.15, 0.2) is 64.5 Å². The summed E-state index contributed by atoms with van der Waals surface area (Å²) in [7, 11) is -3.93. The first-order valence-corrected chi connectivity index (χ1v) is 11.3. The number of benzene rings is 3. The predicted octanol–water partition coefficient (Wildman–Crippen LogP) is 3.36. The summed E-state index contributed by atoms with van der Waals surface area (Å²) in [6, 6.07) is 16.3. The van der Waals surface area contributed by atoms with E-state index in [1.807, 2.05) is 43.3 Å². The van der Waals surface area contributed by atoms with Crippen molar-refractivity contribution in [3.63, 3.8) is 0 Å². The van der Waals surface area contributed by atoms with Crippen molar-refractivity contribution in [1.29, 1.82) is 0 Å². The van der Waals surface area contributed by atoms with Crippen LogP contribution < -0.4 is 14.8 Å². The molecule has 154 valence electrons. The molecular weight excluding hydrogens is 402 g/mol. The van der Waals surface area contributed by atoms with Crippen LogP contribution in [0.1, 0.15) is 6.92 Å². The fourth-order valence-electron chi connectivity index (χ4n) is 3.80. The molecule has 0 spiro atoms. The number of hydrogen-bond acceptors (Lipinski definition) is 6. The number of nitrogens with one attached hydrogen (secondary N) is 1. The van der Waals surface area contributed by atoms with E-state index >= 15 is 0 Å². The summed E-state index contributed by atoms with van der Waals surface area (Å²) in [5, 5.41) is 9.68. The Morgan fingerprint density at radius 1 is 1.03 bits per heavy atom. The molecule has 7 nitrogen and oxygen atoms in total. The van der Waals surface area contributed by atoms with E-state index in [1.165, 1.54) is 0 Å². The summed E-state index contributed by atoms with van der Waals surface area (Å²) < 4.78 is 40.9. The van der Waals surface area contributed by atoms with E-state index in [1.54, 1.807) is 22.9 Å². The van der Waals surface area contributed by atoms with Crippen LogP contribution in [0.3, 0.4) is 0 Å². The zero-order valence-corrected chi connectivity index (χ0v) is 17.3. The van der Waals surface area contributed by atoms with E-state index in [2.05, 4.69) is 10.4 Å². The molecule has 30 heavy (non-hydrogen) atoms. The Morgan fingerprint density at radius 3 is 2.70 bits per heavy atom. The van der Waals surface area contributed by atoms with Gasteiger partial charge in [-0.1, -0.05) is 43.3 Å². The lowest BCUT2D eigenvalue weighted by Crippen LogP contribution is -2.19. The van der Waals surface area contributed by atoms with Crippen molar-refractivity contribution in [2.75, 3.05) is 19.8 Å². The number of sulfone groups is 1. The molecule has 0 radical (unpaired) electrons. The van der Waals surface area contributed by atoms with Crippen molar-refractivity contribution in [3.8, 4) is 11.5 Å². The Kier molecular flexibility index (Phi) is 4.60.